The van der Waals surface area contributed by atoms with Crippen LogP contribution >= 0.6 is 0 Å². The molecule has 0 aliphatic rings. The normalized spacial score (nSPS) is 10.9. The monoisotopic (exact) mass is 391 g/mol. The smallest absolute Gasteiger partial charge is 0.248 e. The van der Waals surface area contributed by atoms with E-state index in [-0.39, 0.29) is 5.91 Å². The minimum absolute atomic E-state index is 0.215. The Labute approximate surface area is 170 Å². The molecule has 3 rings (SSSR count). The van der Waals surface area contributed by atoms with Gasteiger partial charge in [-0.1, -0.05) is 25.1 Å². The van der Waals surface area contributed by atoms with Crippen LogP contribution in [0.3, 0.4) is 0 Å². The number of amides is 1. The lowest BCUT2D eigenvalue weighted by Crippen LogP contribution is -2.07. The number of nitrogens with one attached hydrogen (secondary N) is 1. The molecule has 3 aromatic rings. The first kappa shape index (κ1) is 20.2. The summed E-state index contributed by atoms with van der Waals surface area (Å²) >= 11 is 0. The third kappa shape index (κ3) is 5.25. The van der Waals surface area contributed by atoms with E-state index in [0.29, 0.717) is 23.8 Å². The Morgan fingerprint density at radius 1 is 1.21 bits per heavy atom. The van der Waals surface area contributed by atoms with Gasteiger partial charge in [0.15, 0.2) is 11.5 Å². The number of hydrogen-bond acceptors (Lipinski definition) is 4. The molecule has 1 heterocycles. The number of ether oxygens (including phenoxy) is 2. The maximum Gasteiger partial charge on any atom is 0.248 e. The van der Waals surface area contributed by atoms with Crippen molar-refractivity contribution in [1.82, 2.24) is 9.55 Å². The summed E-state index contributed by atoms with van der Waals surface area (Å²) in [7, 11) is 3.53. The number of benzene rings is 2. The number of methoxy groups -OCH3 is 1. The summed E-state index contributed by atoms with van der Waals surface area (Å²) in [6.07, 6.45) is 7.79. The van der Waals surface area contributed by atoms with Crippen LogP contribution in [0.1, 0.15) is 18.9 Å². The molecule has 1 aromatic heterocycles. The second-order valence-electron chi connectivity index (χ2n) is 6.52. The van der Waals surface area contributed by atoms with Gasteiger partial charge in [-0.2, -0.15) is 0 Å². The van der Waals surface area contributed by atoms with Crippen molar-refractivity contribution in [3.05, 3.63) is 66.5 Å². The summed E-state index contributed by atoms with van der Waals surface area (Å²) in [5.74, 6) is 1.97. The van der Waals surface area contributed by atoms with E-state index in [4.69, 9.17) is 9.47 Å². The van der Waals surface area contributed by atoms with E-state index in [1.807, 2.05) is 67.2 Å². The summed E-state index contributed by atoms with van der Waals surface area (Å²) in [4.78, 5) is 16.7. The molecule has 29 heavy (non-hydrogen) atoms. The molecule has 150 valence electrons. The van der Waals surface area contributed by atoms with Gasteiger partial charge in [-0.05, 0) is 42.3 Å². The van der Waals surface area contributed by atoms with Gasteiger partial charge in [0.2, 0.25) is 5.91 Å². The lowest BCUT2D eigenvalue weighted by Gasteiger charge is -2.10. The highest BCUT2D eigenvalue weighted by atomic mass is 16.5. The van der Waals surface area contributed by atoms with Crippen LogP contribution in [0.2, 0.25) is 0 Å². The van der Waals surface area contributed by atoms with Crippen molar-refractivity contribution in [3.63, 3.8) is 0 Å². The van der Waals surface area contributed by atoms with Crippen molar-refractivity contribution < 1.29 is 14.3 Å². The molecule has 0 fully saturated rings. The third-order valence-corrected chi connectivity index (χ3v) is 4.29. The van der Waals surface area contributed by atoms with Gasteiger partial charge in [-0.25, -0.2) is 4.98 Å². The standard InChI is InChI=1S/C23H25N3O3/c1-4-14-29-20-10-8-17(15-21(20)28-3)9-11-22(27)25-19-7-5-6-18(16-19)23-24-12-13-26(23)2/h5-13,15-16H,4,14H2,1-3H3,(H,25,27). The van der Waals surface area contributed by atoms with E-state index in [9.17, 15) is 4.79 Å². The fourth-order valence-electron chi connectivity index (χ4n) is 2.85. The molecule has 0 radical (unpaired) electrons. The van der Waals surface area contributed by atoms with Crippen LogP contribution in [-0.2, 0) is 11.8 Å². The number of anilines is 1. The second-order valence-corrected chi connectivity index (χ2v) is 6.52. The lowest BCUT2D eigenvalue weighted by molar-refractivity contribution is -0.111. The Morgan fingerprint density at radius 2 is 2.07 bits per heavy atom. The molecule has 0 bridgehead atoms. The highest BCUT2D eigenvalue weighted by molar-refractivity contribution is 6.02. The summed E-state index contributed by atoms with van der Waals surface area (Å²) in [6, 6.07) is 13.2. The molecule has 0 aliphatic heterocycles. The van der Waals surface area contributed by atoms with Crippen molar-refractivity contribution in [3.8, 4) is 22.9 Å². The van der Waals surface area contributed by atoms with Crippen molar-refractivity contribution >= 4 is 17.7 Å². The number of imidazole rings is 1. The molecule has 6 nitrogen and oxygen atoms in total. The molecule has 0 spiro atoms. The Balaban J connectivity index is 1.68. The summed E-state index contributed by atoms with van der Waals surface area (Å²) in [5, 5.41) is 2.88. The van der Waals surface area contributed by atoms with Gasteiger partial charge in [0.05, 0.1) is 13.7 Å². The molecule has 0 aliphatic carbocycles. The summed E-state index contributed by atoms with van der Waals surface area (Å²) in [6.45, 7) is 2.68. The van der Waals surface area contributed by atoms with Crippen LogP contribution in [-0.4, -0.2) is 29.2 Å². The molecule has 1 N–H and O–H groups in total. The quantitative estimate of drug-likeness (QED) is 0.573. The van der Waals surface area contributed by atoms with E-state index >= 15 is 0 Å². The number of aromatic nitrogens is 2. The summed E-state index contributed by atoms with van der Waals surface area (Å²) < 4.78 is 13.0. The first-order valence-electron chi connectivity index (χ1n) is 9.48. The number of nitrogens with zero attached hydrogens (tertiary/aromatic N) is 2. The molecule has 6 heteroatoms. The molecule has 0 unspecified atom stereocenters. The highest BCUT2D eigenvalue weighted by Crippen LogP contribution is 2.28. The Hall–Kier alpha value is -3.54. The first-order valence-corrected chi connectivity index (χ1v) is 9.48. The van der Waals surface area contributed by atoms with Crippen LogP contribution in [0.15, 0.2) is 60.9 Å². The van der Waals surface area contributed by atoms with Gasteiger partial charge < -0.3 is 19.4 Å². The van der Waals surface area contributed by atoms with Crippen LogP contribution in [0, 0.1) is 0 Å². The van der Waals surface area contributed by atoms with Gasteiger partial charge in [0.25, 0.3) is 0 Å². The zero-order valence-corrected chi connectivity index (χ0v) is 16.9. The largest absolute Gasteiger partial charge is 0.493 e. The second kappa shape index (κ2) is 9.59. The Kier molecular flexibility index (Phi) is 6.68. The lowest BCUT2D eigenvalue weighted by atomic mass is 10.1. The Morgan fingerprint density at radius 3 is 2.79 bits per heavy atom. The maximum absolute atomic E-state index is 12.3. The number of hydrogen-bond donors (Lipinski definition) is 1. The highest BCUT2D eigenvalue weighted by Gasteiger charge is 2.07. The predicted octanol–water partition coefficient (Wildman–Crippen LogP) is 4.54. The zero-order valence-electron chi connectivity index (χ0n) is 16.9. The van der Waals surface area contributed by atoms with E-state index in [1.54, 1.807) is 19.4 Å². The first-order chi connectivity index (χ1) is 14.1. The van der Waals surface area contributed by atoms with Gasteiger partial charge >= 0.3 is 0 Å². The summed E-state index contributed by atoms with van der Waals surface area (Å²) in [5.41, 5.74) is 2.50. The van der Waals surface area contributed by atoms with Crippen LogP contribution in [0.25, 0.3) is 17.5 Å². The molecule has 0 atom stereocenters. The van der Waals surface area contributed by atoms with Crippen molar-refractivity contribution in [2.75, 3.05) is 19.0 Å². The van der Waals surface area contributed by atoms with Gasteiger partial charge in [0, 0.05) is 36.8 Å². The van der Waals surface area contributed by atoms with Gasteiger partial charge in [0.1, 0.15) is 5.82 Å². The minimum Gasteiger partial charge on any atom is -0.493 e. The molecular weight excluding hydrogens is 366 g/mol. The third-order valence-electron chi connectivity index (χ3n) is 4.29. The molecule has 0 saturated carbocycles. The van der Waals surface area contributed by atoms with Crippen molar-refractivity contribution in [2.45, 2.75) is 13.3 Å². The average molecular weight is 391 g/mol. The minimum atomic E-state index is -0.215. The molecule has 0 saturated heterocycles. The van der Waals surface area contributed by atoms with Crippen LogP contribution in [0.5, 0.6) is 11.5 Å². The molecular formula is C23H25N3O3. The number of carbonyl (C=O) groups is 1. The predicted molar refractivity (Wildman–Crippen MR) is 115 cm³/mol. The zero-order chi connectivity index (χ0) is 20.6. The SMILES string of the molecule is CCCOc1ccc(C=CC(=O)Nc2cccc(-c3nccn3C)c2)cc1OC. The number of rotatable bonds is 8. The van der Waals surface area contributed by atoms with E-state index in [2.05, 4.69) is 10.3 Å². The maximum atomic E-state index is 12.3. The topological polar surface area (TPSA) is 65.4 Å². The fourth-order valence-corrected chi connectivity index (χ4v) is 2.85. The average Bonchev–Trinajstić information content (AvgIpc) is 3.17. The fraction of sp³-hybridized carbons (Fsp3) is 0.217. The van der Waals surface area contributed by atoms with E-state index in [1.165, 1.54) is 6.08 Å². The van der Waals surface area contributed by atoms with E-state index < -0.39 is 0 Å². The Bertz CT molecular complexity index is 1010. The molecule has 2 aromatic carbocycles. The van der Waals surface area contributed by atoms with Crippen molar-refractivity contribution in [1.29, 1.82) is 0 Å². The van der Waals surface area contributed by atoms with Crippen LogP contribution in [0.4, 0.5) is 5.69 Å². The van der Waals surface area contributed by atoms with Gasteiger partial charge in [-0.3, -0.25) is 4.79 Å². The number of aryl methyl sites for hydroxylation is 1. The number of carbonyl (C=O) groups excluding carboxylic acids is 1. The molecule has 1 amide bonds. The van der Waals surface area contributed by atoms with Gasteiger partial charge in [-0.15, -0.1) is 0 Å². The van der Waals surface area contributed by atoms with Crippen LogP contribution < -0.4 is 14.8 Å². The van der Waals surface area contributed by atoms with Crippen molar-refractivity contribution in [2.24, 2.45) is 7.05 Å². The van der Waals surface area contributed by atoms with E-state index in [0.717, 1.165) is 23.4 Å².